The molecule has 6 amide bonds. The van der Waals surface area contributed by atoms with Crippen LogP contribution in [0.3, 0.4) is 0 Å². The molecule has 1 aliphatic heterocycles. The number of carbonyl (C=O) groups excluding carboxylic acids is 6. The summed E-state index contributed by atoms with van der Waals surface area (Å²) in [6.45, 7) is 9.74. The molecule has 1 fully saturated rings. The number of anilines is 1. The number of benzene rings is 1. The highest BCUT2D eigenvalue weighted by Crippen LogP contribution is 2.28. The van der Waals surface area contributed by atoms with Gasteiger partial charge in [-0.2, -0.15) is 0 Å². The molecule has 1 saturated heterocycles. The van der Waals surface area contributed by atoms with Gasteiger partial charge in [-0.1, -0.05) is 52.7 Å². The predicted molar refractivity (Wildman–Crippen MR) is 185 cm³/mol. The summed E-state index contributed by atoms with van der Waals surface area (Å²) in [5, 5.41) is 7.77. The van der Waals surface area contributed by atoms with Crippen LogP contribution in [0.1, 0.15) is 78.7 Å². The molecule has 0 bridgehead atoms. The zero-order valence-electron chi connectivity index (χ0n) is 29.6. The maximum Gasteiger partial charge on any atom is 0.410 e. The van der Waals surface area contributed by atoms with Gasteiger partial charge >= 0.3 is 6.09 Å². The van der Waals surface area contributed by atoms with Crippen molar-refractivity contribution < 1.29 is 41.9 Å². The summed E-state index contributed by atoms with van der Waals surface area (Å²) in [6.07, 6.45) is 3.59. The summed E-state index contributed by atoms with van der Waals surface area (Å²) in [4.78, 5) is 77.1. The first kappa shape index (κ1) is 41.2. The third-order valence-electron chi connectivity index (χ3n) is 8.27. The number of likely N-dealkylation sites (tertiary alicyclic amines) is 1. The van der Waals surface area contributed by atoms with Crippen LogP contribution in [0.5, 0.6) is 0 Å². The van der Waals surface area contributed by atoms with Crippen molar-refractivity contribution in [3.05, 3.63) is 29.8 Å². The normalized spacial score (nSPS) is 15.9. The first-order valence-electron chi connectivity index (χ1n) is 16.9. The van der Waals surface area contributed by atoms with Crippen LogP contribution in [0, 0.1) is 17.8 Å². The van der Waals surface area contributed by atoms with Gasteiger partial charge in [0.25, 0.3) is 0 Å². The van der Waals surface area contributed by atoms with Crippen molar-refractivity contribution in [1.82, 2.24) is 20.4 Å². The molecule has 14 nitrogen and oxygen atoms in total. The zero-order chi connectivity index (χ0) is 36.7. The average molecular weight is 708 g/mol. The van der Waals surface area contributed by atoms with Gasteiger partial charge in [0, 0.05) is 50.3 Å². The molecule has 1 heterocycles. The molecular formula is C34H53N5O9S. The van der Waals surface area contributed by atoms with Crippen LogP contribution in [0.25, 0.3) is 0 Å². The van der Waals surface area contributed by atoms with Gasteiger partial charge < -0.3 is 25.6 Å². The van der Waals surface area contributed by atoms with Gasteiger partial charge in [-0.3, -0.25) is 28.9 Å². The molecule has 1 aromatic rings. The third kappa shape index (κ3) is 15.0. The maximum absolute atomic E-state index is 12.6. The molecule has 3 atom stereocenters. The fourth-order valence-electron chi connectivity index (χ4n) is 5.18. The van der Waals surface area contributed by atoms with Crippen LogP contribution in [-0.4, -0.2) is 98.1 Å². The Labute approximate surface area is 290 Å². The molecule has 0 radical (unpaired) electrons. The number of unbranched alkanes of at least 4 members (excludes halogenated alkanes) is 2. The van der Waals surface area contributed by atoms with Crippen molar-refractivity contribution in [2.75, 3.05) is 43.5 Å². The Hall–Kier alpha value is -4.01. The molecule has 1 aliphatic rings. The van der Waals surface area contributed by atoms with E-state index in [9.17, 15) is 37.2 Å². The molecule has 2 unspecified atom stereocenters. The molecule has 49 heavy (non-hydrogen) atoms. The minimum Gasteiger partial charge on any atom is -0.445 e. The Bertz CT molecular complexity index is 1420. The number of carbonyl (C=O) groups is 6. The SMILES string of the molecule is CCC(C)C1CC(=O)N(CCCCCC(=O)NCC(=O)N[C@@H](C)C(=O)Nc2ccc(COC(=O)N(CCS(C)(=O)=O)CC(C)C)cc2)C1=O. The first-order chi connectivity index (χ1) is 23.0. The van der Waals surface area contributed by atoms with Gasteiger partial charge in [-0.25, -0.2) is 13.2 Å². The Morgan fingerprint density at radius 3 is 2.29 bits per heavy atom. The number of nitrogens with one attached hydrogen (secondary N) is 3. The number of rotatable bonds is 20. The number of amides is 6. The number of imide groups is 1. The lowest BCUT2D eigenvalue weighted by molar-refractivity contribution is -0.140. The van der Waals surface area contributed by atoms with Gasteiger partial charge in [0.2, 0.25) is 29.5 Å². The number of nitrogens with zero attached hydrogens (tertiary/aromatic N) is 2. The Morgan fingerprint density at radius 1 is 1.00 bits per heavy atom. The van der Waals surface area contributed by atoms with Gasteiger partial charge in [-0.15, -0.1) is 0 Å². The molecule has 2 rings (SSSR count). The summed E-state index contributed by atoms with van der Waals surface area (Å²) in [7, 11) is -3.24. The topological polar surface area (TPSA) is 188 Å². The molecule has 0 aromatic heterocycles. The van der Waals surface area contributed by atoms with Crippen molar-refractivity contribution in [3.63, 3.8) is 0 Å². The number of ether oxygens (including phenoxy) is 1. The van der Waals surface area contributed by atoms with Crippen molar-refractivity contribution in [2.24, 2.45) is 17.8 Å². The lowest BCUT2D eigenvalue weighted by atomic mass is 9.90. The van der Waals surface area contributed by atoms with Gasteiger partial charge in [0.05, 0.1) is 12.3 Å². The molecule has 274 valence electrons. The van der Waals surface area contributed by atoms with Crippen molar-refractivity contribution in [2.45, 2.75) is 85.8 Å². The summed E-state index contributed by atoms with van der Waals surface area (Å²) in [5.41, 5.74) is 1.11. The minimum atomic E-state index is -3.24. The molecule has 0 aliphatic carbocycles. The van der Waals surface area contributed by atoms with Crippen LogP contribution in [0.15, 0.2) is 24.3 Å². The summed E-state index contributed by atoms with van der Waals surface area (Å²) >= 11 is 0. The highest BCUT2D eigenvalue weighted by molar-refractivity contribution is 7.90. The number of hydrogen-bond donors (Lipinski definition) is 3. The quantitative estimate of drug-likeness (QED) is 0.135. The third-order valence-corrected chi connectivity index (χ3v) is 9.20. The summed E-state index contributed by atoms with van der Waals surface area (Å²) in [6, 6.07) is 5.69. The van der Waals surface area contributed by atoms with Crippen LogP contribution in [0.4, 0.5) is 10.5 Å². The predicted octanol–water partition coefficient (Wildman–Crippen LogP) is 2.87. The van der Waals surface area contributed by atoms with E-state index in [0.717, 1.165) is 12.7 Å². The van der Waals surface area contributed by atoms with E-state index < -0.39 is 33.8 Å². The van der Waals surface area contributed by atoms with Gasteiger partial charge in [-0.05, 0) is 49.3 Å². The zero-order valence-corrected chi connectivity index (χ0v) is 30.4. The fourth-order valence-corrected chi connectivity index (χ4v) is 5.73. The maximum atomic E-state index is 12.6. The molecule has 15 heteroatoms. The van der Waals surface area contributed by atoms with E-state index in [-0.39, 0.29) is 73.8 Å². The van der Waals surface area contributed by atoms with E-state index in [4.69, 9.17) is 4.74 Å². The molecule has 0 spiro atoms. The number of sulfone groups is 1. The Kier molecular flexibility index (Phi) is 16.7. The van der Waals surface area contributed by atoms with Crippen molar-refractivity contribution >= 4 is 51.2 Å². The minimum absolute atomic E-state index is 0.0375. The summed E-state index contributed by atoms with van der Waals surface area (Å²) in [5.74, 6) is -1.66. The Balaban J connectivity index is 1.67. The van der Waals surface area contributed by atoms with Crippen LogP contribution < -0.4 is 16.0 Å². The molecule has 3 N–H and O–H groups in total. The second-order valence-corrected chi connectivity index (χ2v) is 15.4. The second kappa shape index (κ2) is 19.9. The lowest BCUT2D eigenvalue weighted by Crippen LogP contribution is -2.45. The van der Waals surface area contributed by atoms with E-state index in [1.165, 1.54) is 16.7 Å². The molecule has 0 saturated carbocycles. The summed E-state index contributed by atoms with van der Waals surface area (Å²) < 4.78 is 28.4. The standard InChI is InChI=1S/C34H53N5O9S/c1-7-24(4)28-19-31(42)39(33(28)44)16-10-8-9-11-29(40)35-20-30(41)36-25(5)32(43)37-27-14-12-26(13-15-27)22-48-34(45)38(21-23(2)3)17-18-49(6,46)47/h12-15,23-25,28H,7-11,16-22H2,1-6H3,(H,35,40)(H,36,41)(H,37,43)/t24?,25-,28?/m0/s1. The second-order valence-electron chi connectivity index (χ2n) is 13.2. The van der Waals surface area contributed by atoms with Crippen LogP contribution in [0.2, 0.25) is 0 Å². The fraction of sp³-hybridized carbons (Fsp3) is 0.647. The number of hydrogen-bond acceptors (Lipinski definition) is 9. The largest absolute Gasteiger partial charge is 0.445 e. The van der Waals surface area contributed by atoms with Crippen LogP contribution >= 0.6 is 0 Å². The van der Waals surface area contributed by atoms with Gasteiger partial charge in [0.1, 0.15) is 22.5 Å². The highest BCUT2D eigenvalue weighted by atomic mass is 32.2. The smallest absolute Gasteiger partial charge is 0.410 e. The van der Waals surface area contributed by atoms with E-state index >= 15 is 0 Å². The van der Waals surface area contributed by atoms with Crippen molar-refractivity contribution in [3.8, 4) is 0 Å². The molecule has 1 aromatic carbocycles. The molecular weight excluding hydrogens is 654 g/mol. The first-order valence-corrected chi connectivity index (χ1v) is 19.0. The van der Waals surface area contributed by atoms with E-state index in [0.29, 0.717) is 43.6 Å². The highest BCUT2D eigenvalue weighted by Gasteiger charge is 2.40. The Morgan fingerprint density at radius 2 is 1.67 bits per heavy atom. The average Bonchev–Trinajstić information content (AvgIpc) is 3.32. The van der Waals surface area contributed by atoms with E-state index in [2.05, 4.69) is 16.0 Å². The van der Waals surface area contributed by atoms with E-state index in [1.807, 2.05) is 27.7 Å². The monoisotopic (exact) mass is 707 g/mol. The van der Waals surface area contributed by atoms with Crippen LogP contribution in [-0.2, 0) is 45.2 Å². The van der Waals surface area contributed by atoms with Gasteiger partial charge in [0.15, 0.2) is 0 Å². The lowest BCUT2D eigenvalue weighted by Gasteiger charge is -2.23. The van der Waals surface area contributed by atoms with Crippen molar-refractivity contribution in [1.29, 1.82) is 0 Å². The van der Waals surface area contributed by atoms with E-state index in [1.54, 1.807) is 24.3 Å².